The first-order valence-corrected chi connectivity index (χ1v) is 13.1. The summed E-state index contributed by atoms with van der Waals surface area (Å²) in [7, 11) is 0. The van der Waals surface area contributed by atoms with Crippen molar-refractivity contribution in [2.24, 2.45) is 0 Å². The predicted octanol–water partition coefficient (Wildman–Crippen LogP) is 4.57. The fourth-order valence-electron chi connectivity index (χ4n) is 5.98. The first-order chi connectivity index (χ1) is 17.7. The van der Waals surface area contributed by atoms with E-state index in [-0.39, 0.29) is 24.9 Å². The van der Waals surface area contributed by atoms with Crippen molar-refractivity contribution < 1.29 is 9.90 Å². The lowest BCUT2D eigenvalue weighted by molar-refractivity contribution is 0.0573. The average molecular weight is 520 g/mol. The van der Waals surface area contributed by atoms with Crippen LogP contribution in [0.5, 0.6) is 0 Å². The van der Waals surface area contributed by atoms with E-state index in [0.717, 1.165) is 79.6 Å². The number of amides is 1. The molecule has 0 saturated carbocycles. The second kappa shape index (κ2) is 11.1. The summed E-state index contributed by atoms with van der Waals surface area (Å²) in [6, 6.07) is 16.9. The number of nitrogens with zero attached hydrogens (tertiary/aromatic N) is 3. The molecule has 1 saturated heterocycles. The van der Waals surface area contributed by atoms with Crippen LogP contribution in [0.2, 0.25) is 0 Å². The average Bonchev–Trinajstić information content (AvgIpc) is 3.49. The summed E-state index contributed by atoms with van der Waals surface area (Å²) >= 11 is 0. The number of carbonyl (C=O) groups excluding carboxylic acids is 1. The van der Waals surface area contributed by atoms with Gasteiger partial charge in [-0.3, -0.25) is 14.8 Å². The fraction of sp³-hybridized carbons (Fsp3) is 0.379. The van der Waals surface area contributed by atoms with Crippen molar-refractivity contribution in [3.8, 4) is 11.4 Å². The number of fused-ring (bicyclic) bond motifs is 5. The Bertz CT molecular complexity index is 1360. The molecule has 8 heteroatoms. The summed E-state index contributed by atoms with van der Waals surface area (Å²) in [5, 5.41) is 18.2. The van der Waals surface area contributed by atoms with Crippen molar-refractivity contribution in [1.82, 2.24) is 25.0 Å². The third-order valence-corrected chi connectivity index (χ3v) is 7.88. The largest absolute Gasteiger partial charge is 0.395 e. The molecule has 0 atom stereocenters. The number of carbonyl (C=O) groups is 1. The number of H-pyrrole nitrogens is 2. The highest BCUT2D eigenvalue weighted by molar-refractivity contribution is 6.00. The summed E-state index contributed by atoms with van der Waals surface area (Å²) in [6.45, 7) is 3.10. The molecule has 6 rings (SSSR count). The van der Waals surface area contributed by atoms with Crippen LogP contribution in [0, 0.1) is 0 Å². The molecule has 37 heavy (non-hydrogen) atoms. The molecule has 194 valence electrons. The van der Waals surface area contributed by atoms with Gasteiger partial charge in [-0.05, 0) is 67.0 Å². The number of hydrogen-bond acceptors (Lipinski definition) is 4. The topological polar surface area (TPSA) is 88.2 Å². The maximum atomic E-state index is 13.5. The quantitative estimate of drug-likeness (QED) is 0.348. The molecular formula is C29H34ClN5O2. The van der Waals surface area contributed by atoms with Gasteiger partial charge < -0.3 is 15.0 Å². The van der Waals surface area contributed by atoms with E-state index in [4.69, 9.17) is 0 Å². The lowest BCUT2D eigenvalue weighted by Crippen LogP contribution is -2.47. The van der Waals surface area contributed by atoms with E-state index in [2.05, 4.69) is 50.4 Å². The molecule has 1 aliphatic heterocycles. The molecule has 0 bridgehead atoms. The zero-order valence-electron chi connectivity index (χ0n) is 20.9. The van der Waals surface area contributed by atoms with Crippen LogP contribution in [-0.4, -0.2) is 68.3 Å². The van der Waals surface area contributed by atoms with Gasteiger partial charge in [0, 0.05) is 48.7 Å². The Morgan fingerprint density at radius 1 is 1.08 bits per heavy atom. The number of aliphatic hydroxyl groups excluding tert-OH is 1. The molecule has 4 aromatic rings. The highest BCUT2D eigenvalue weighted by Gasteiger charge is 2.28. The van der Waals surface area contributed by atoms with Crippen molar-refractivity contribution in [3.63, 3.8) is 0 Å². The molecule has 1 amide bonds. The highest BCUT2D eigenvalue weighted by atomic mass is 35.5. The Morgan fingerprint density at radius 3 is 2.68 bits per heavy atom. The molecule has 3 N–H and O–H groups in total. The van der Waals surface area contributed by atoms with Crippen LogP contribution in [-0.2, 0) is 19.4 Å². The standard InChI is InChI=1S/C29H33N5O2.ClH/c35-16-15-34(19-20-5-2-1-3-6-20)23-11-13-33(14-12-23)29(36)21-9-10-26-25(17-21)24-8-4-7-22-18-30-32-27(22)28(24)31-26;/h1-3,5-6,9-10,17-18,23,31,35H,4,7-8,11-16,19H2,(H,30,32);1H. The third kappa shape index (κ3) is 5.04. The van der Waals surface area contributed by atoms with Crippen molar-refractivity contribution >= 4 is 29.2 Å². The predicted molar refractivity (Wildman–Crippen MR) is 148 cm³/mol. The molecule has 1 aliphatic carbocycles. The number of rotatable bonds is 6. The number of aromatic nitrogens is 3. The Hall–Kier alpha value is -3.13. The van der Waals surface area contributed by atoms with Crippen molar-refractivity contribution in [1.29, 1.82) is 0 Å². The first kappa shape index (κ1) is 25.5. The van der Waals surface area contributed by atoms with E-state index in [9.17, 15) is 9.90 Å². The molecule has 0 spiro atoms. The van der Waals surface area contributed by atoms with Gasteiger partial charge in [0.25, 0.3) is 5.91 Å². The molecule has 2 aromatic carbocycles. The number of halogens is 1. The van der Waals surface area contributed by atoms with E-state index in [1.807, 2.05) is 29.3 Å². The van der Waals surface area contributed by atoms with Gasteiger partial charge in [-0.15, -0.1) is 12.4 Å². The van der Waals surface area contributed by atoms with E-state index in [0.29, 0.717) is 12.6 Å². The van der Waals surface area contributed by atoms with Crippen LogP contribution in [0.25, 0.3) is 22.3 Å². The number of piperidine rings is 1. The molecule has 0 radical (unpaired) electrons. The molecule has 0 unspecified atom stereocenters. The van der Waals surface area contributed by atoms with Gasteiger partial charge in [0.2, 0.25) is 0 Å². The maximum absolute atomic E-state index is 13.5. The SMILES string of the molecule is Cl.O=C(c1ccc2[nH]c3c(c2c1)CCCc1cn[nH]c1-3)N1CCC(N(CCO)Cc2ccccc2)CC1. The second-order valence-corrected chi connectivity index (χ2v) is 10.1. The number of nitrogens with one attached hydrogen (secondary N) is 2. The maximum Gasteiger partial charge on any atom is 0.253 e. The van der Waals surface area contributed by atoms with Crippen LogP contribution in [0.15, 0.2) is 54.7 Å². The molecule has 3 heterocycles. The Morgan fingerprint density at radius 2 is 1.89 bits per heavy atom. The first-order valence-electron chi connectivity index (χ1n) is 13.1. The van der Waals surface area contributed by atoms with Crippen LogP contribution >= 0.6 is 12.4 Å². The summed E-state index contributed by atoms with van der Waals surface area (Å²) < 4.78 is 0. The highest BCUT2D eigenvalue weighted by Crippen LogP contribution is 2.36. The van der Waals surface area contributed by atoms with Gasteiger partial charge in [0.05, 0.1) is 24.2 Å². The monoisotopic (exact) mass is 519 g/mol. The third-order valence-electron chi connectivity index (χ3n) is 7.88. The minimum Gasteiger partial charge on any atom is -0.395 e. The van der Waals surface area contributed by atoms with Crippen LogP contribution in [0.4, 0.5) is 0 Å². The summed E-state index contributed by atoms with van der Waals surface area (Å²) in [6.07, 6.45) is 6.84. The zero-order valence-corrected chi connectivity index (χ0v) is 21.8. The van der Waals surface area contributed by atoms with Gasteiger partial charge in [-0.25, -0.2) is 0 Å². The molecule has 2 aliphatic rings. The van der Waals surface area contributed by atoms with Crippen LogP contribution < -0.4 is 0 Å². The normalized spacial score (nSPS) is 15.8. The number of hydrogen-bond donors (Lipinski definition) is 3. The van der Waals surface area contributed by atoms with Crippen LogP contribution in [0.3, 0.4) is 0 Å². The molecule has 7 nitrogen and oxygen atoms in total. The molecule has 1 fully saturated rings. The number of aromatic amines is 2. The molecule has 2 aromatic heterocycles. The van der Waals surface area contributed by atoms with E-state index in [1.54, 1.807) is 0 Å². The smallest absolute Gasteiger partial charge is 0.253 e. The summed E-state index contributed by atoms with van der Waals surface area (Å²) in [5.41, 5.74) is 7.81. The Balaban J connectivity index is 0.00000280. The van der Waals surface area contributed by atoms with Crippen molar-refractivity contribution in [2.75, 3.05) is 26.2 Å². The van der Waals surface area contributed by atoms with Gasteiger partial charge in [-0.1, -0.05) is 30.3 Å². The van der Waals surface area contributed by atoms with Gasteiger partial charge in [0.1, 0.15) is 0 Å². The lowest BCUT2D eigenvalue weighted by Gasteiger charge is -2.38. The number of likely N-dealkylation sites (tertiary alicyclic amines) is 1. The Kier molecular flexibility index (Phi) is 7.65. The van der Waals surface area contributed by atoms with E-state index < -0.39 is 0 Å². The summed E-state index contributed by atoms with van der Waals surface area (Å²) in [5.74, 6) is 0.109. The van der Waals surface area contributed by atoms with Crippen LogP contribution in [0.1, 0.15) is 46.3 Å². The summed E-state index contributed by atoms with van der Waals surface area (Å²) in [4.78, 5) is 21.4. The van der Waals surface area contributed by atoms with Gasteiger partial charge in [0.15, 0.2) is 0 Å². The van der Waals surface area contributed by atoms with E-state index in [1.165, 1.54) is 16.7 Å². The second-order valence-electron chi connectivity index (χ2n) is 10.1. The van der Waals surface area contributed by atoms with Gasteiger partial charge in [-0.2, -0.15) is 5.10 Å². The number of aliphatic hydroxyl groups is 1. The zero-order chi connectivity index (χ0) is 24.5. The fourth-order valence-corrected chi connectivity index (χ4v) is 5.98. The minimum absolute atomic E-state index is 0. The van der Waals surface area contributed by atoms with Gasteiger partial charge >= 0.3 is 0 Å². The number of benzene rings is 2. The lowest BCUT2D eigenvalue weighted by atomic mass is 10.00. The van der Waals surface area contributed by atoms with E-state index >= 15 is 0 Å². The number of aryl methyl sites for hydroxylation is 2. The molecular weight excluding hydrogens is 486 g/mol. The van der Waals surface area contributed by atoms with Crippen molar-refractivity contribution in [3.05, 3.63) is 77.0 Å². The Labute approximate surface area is 223 Å². The minimum atomic E-state index is 0. The van der Waals surface area contributed by atoms with Crippen molar-refractivity contribution in [2.45, 2.75) is 44.7 Å².